The maximum Gasteiger partial charge on any atom is 0.227 e. The van der Waals surface area contributed by atoms with Gasteiger partial charge in [-0.2, -0.15) is 0 Å². The summed E-state index contributed by atoms with van der Waals surface area (Å²) in [6.45, 7) is 1.83. The fraction of sp³-hybridized carbons (Fsp3) is 0.417. The van der Waals surface area contributed by atoms with Crippen LogP contribution >= 0.6 is 27.5 Å². The Morgan fingerprint density at radius 1 is 1.41 bits per heavy atom. The number of carbonyl (C=O) groups excluding carboxylic acids is 1. The predicted molar refractivity (Wildman–Crippen MR) is 73.4 cm³/mol. The van der Waals surface area contributed by atoms with Gasteiger partial charge in [0.15, 0.2) is 0 Å². The Kier molecular flexibility index (Phi) is 4.42. The van der Waals surface area contributed by atoms with E-state index in [1.807, 2.05) is 12.1 Å². The molecule has 1 heterocycles. The monoisotopic (exact) mass is 316 g/mol. The zero-order valence-corrected chi connectivity index (χ0v) is 11.6. The molecule has 0 aliphatic carbocycles. The molecule has 5 heteroatoms. The van der Waals surface area contributed by atoms with Crippen molar-refractivity contribution in [2.24, 2.45) is 5.92 Å². The fourth-order valence-electron chi connectivity index (χ4n) is 1.90. The van der Waals surface area contributed by atoms with E-state index in [0.29, 0.717) is 5.02 Å². The van der Waals surface area contributed by atoms with Gasteiger partial charge in [0.05, 0.1) is 5.02 Å². The number of halogens is 2. The smallest absolute Gasteiger partial charge is 0.227 e. The first-order chi connectivity index (χ1) is 8.16. The summed E-state index contributed by atoms with van der Waals surface area (Å²) in [4.78, 5) is 12.0. The van der Waals surface area contributed by atoms with Crippen LogP contribution in [0.5, 0.6) is 0 Å². The Morgan fingerprint density at radius 3 is 2.76 bits per heavy atom. The van der Waals surface area contributed by atoms with Gasteiger partial charge in [0.25, 0.3) is 0 Å². The Morgan fingerprint density at radius 2 is 2.12 bits per heavy atom. The summed E-state index contributed by atoms with van der Waals surface area (Å²) < 4.78 is 0.832. The first-order valence-electron chi connectivity index (χ1n) is 5.63. The van der Waals surface area contributed by atoms with Gasteiger partial charge in [0.2, 0.25) is 5.91 Å². The van der Waals surface area contributed by atoms with Crippen LogP contribution in [0.25, 0.3) is 0 Å². The molecule has 0 unspecified atom stereocenters. The molecular weight excluding hydrogens is 304 g/mol. The lowest BCUT2D eigenvalue weighted by Crippen LogP contribution is -2.34. The van der Waals surface area contributed by atoms with E-state index < -0.39 is 0 Å². The Balaban J connectivity index is 1.99. The Bertz CT molecular complexity index is 419. The molecule has 0 bridgehead atoms. The molecule has 1 fully saturated rings. The SMILES string of the molecule is O=C(Nc1ccc(Br)c(Cl)c1)C1CCNCC1. The zero-order valence-electron chi connectivity index (χ0n) is 9.30. The number of amides is 1. The van der Waals surface area contributed by atoms with Crippen molar-refractivity contribution in [3.05, 3.63) is 27.7 Å². The van der Waals surface area contributed by atoms with E-state index in [0.717, 1.165) is 36.1 Å². The summed E-state index contributed by atoms with van der Waals surface area (Å²) in [5.41, 5.74) is 0.752. The third-order valence-electron chi connectivity index (χ3n) is 2.90. The van der Waals surface area contributed by atoms with Gasteiger partial charge in [0, 0.05) is 16.1 Å². The van der Waals surface area contributed by atoms with Crippen LogP contribution < -0.4 is 10.6 Å². The summed E-state index contributed by atoms with van der Waals surface area (Å²) in [6, 6.07) is 5.43. The molecule has 1 aromatic rings. The molecule has 1 aliphatic rings. The lowest BCUT2D eigenvalue weighted by Gasteiger charge is -2.21. The molecule has 0 aromatic heterocycles. The van der Waals surface area contributed by atoms with Gasteiger partial charge in [0.1, 0.15) is 0 Å². The molecule has 0 spiro atoms. The molecule has 1 amide bonds. The number of benzene rings is 1. The number of carbonyl (C=O) groups is 1. The molecule has 0 atom stereocenters. The molecule has 1 aromatic carbocycles. The zero-order chi connectivity index (χ0) is 12.3. The fourth-order valence-corrected chi connectivity index (χ4v) is 2.33. The molecule has 1 saturated heterocycles. The van der Waals surface area contributed by atoms with Gasteiger partial charge in [-0.25, -0.2) is 0 Å². The number of piperidine rings is 1. The number of anilines is 1. The van der Waals surface area contributed by atoms with E-state index in [1.165, 1.54) is 0 Å². The number of rotatable bonds is 2. The van der Waals surface area contributed by atoms with Crippen LogP contribution in [0.1, 0.15) is 12.8 Å². The quantitative estimate of drug-likeness (QED) is 0.880. The third kappa shape index (κ3) is 3.44. The van der Waals surface area contributed by atoms with E-state index in [1.54, 1.807) is 6.07 Å². The lowest BCUT2D eigenvalue weighted by molar-refractivity contribution is -0.120. The van der Waals surface area contributed by atoms with Crippen molar-refractivity contribution in [2.45, 2.75) is 12.8 Å². The highest BCUT2D eigenvalue weighted by atomic mass is 79.9. The Hall–Kier alpha value is -0.580. The van der Waals surface area contributed by atoms with E-state index in [2.05, 4.69) is 26.6 Å². The van der Waals surface area contributed by atoms with Crippen molar-refractivity contribution < 1.29 is 4.79 Å². The molecule has 2 N–H and O–H groups in total. The lowest BCUT2D eigenvalue weighted by atomic mass is 9.97. The Labute approximate surface area is 114 Å². The van der Waals surface area contributed by atoms with Crippen molar-refractivity contribution >= 4 is 39.1 Å². The van der Waals surface area contributed by atoms with Gasteiger partial charge in [-0.15, -0.1) is 0 Å². The minimum Gasteiger partial charge on any atom is -0.326 e. The molecule has 0 saturated carbocycles. The van der Waals surface area contributed by atoms with Gasteiger partial charge in [-0.1, -0.05) is 11.6 Å². The van der Waals surface area contributed by atoms with Crippen molar-refractivity contribution in [2.75, 3.05) is 18.4 Å². The highest BCUT2D eigenvalue weighted by Crippen LogP contribution is 2.26. The molecule has 1 aliphatic heterocycles. The van der Waals surface area contributed by atoms with Crippen LogP contribution in [-0.4, -0.2) is 19.0 Å². The van der Waals surface area contributed by atoms with Crippen molar-refractivity contribution in [3.8, 4) is 0 Å². The number of hydrogen-bond donors (Lipinski definition) is 2. The van der Waals surface area contributed by atoms with E-state index >= 15 is 0 Å². The second-order valence-corrected chi connectivity index (χ2v) is 5.40. The van der Waals surface area contributed by atoms with Crippen LogP contribution in [0, 0.1) is 5.92 Å². The average molecular weight is 318 g/mol. The van der Waals surface area contributed by atoms with Gasteiger partial charge < -0.3 is 10.6 Å². The largest absolute Gasteiger partial charge is 0.326 e. The van der Waals surface area contributed by atoms with Crippen LogP contribution in [0.3, 0.4) is 0 Å². The molecule has 3 nitrogen and oxygen atoms in total. The summed E-state index contributed by atoms with van der Waals surface area (Å²) in [6.07, 6.45) is 1.80. The normalized spacial score (nSPS) is 16.8. The molecule has 2 rings (SSSR count). The first-order valence-corrected chi connectivity index (χ1v) is 6.80. The van der Waals surface area contributed by atoms with Crippen LogP contribution in [0.4, 0.5) is 5.69 Å². The van der Waals surface area contributed by atoms with Crippen LogP contribution in [0.2, 0.25) is 5.02 Å². The second kappa shape index (κ2) is 5.85. The van der Waals surface area contributed by atoms with Crippen LogP contribution in [0.15, 0.2) is 22.7 Å². The summed E-state index contributed by atoms with van der Waals surface area (Å²) >= 11 is 9.29. The first kappa shape index (κ1) is 12.9. The molecule has 0 radical (unpaired) electrons. The minimum atomic E-state index is 0.0879. The van der Waals surface area contributed by atoms with Gasteiger partial charge in [-0.05, 0) is 60.1 Å². The number of hydrogen-bond acceptors (Lipinski definition) is 2. The van der Waals surface area contributed by atoms with Crippen molar-refractivity contribution in [1.82, 2.24) is 5.32 Å². The average Bonchev–Trinajstić information content (AvgIpc) is 2.35. The highest BCUT2D eigenvalue weighted by Gasteiger charge is 2.20. The van der Waals surface area contributed by atoms with E-state index in [9.17, 15) is 4.79 Å². The van der Waals surface area contributed by atoms with Crippen LogP contribution in [-0.2, 0) is 4.79 Å². The van der Waals surface area contributed by atoms with E-state index in [4.69, 9.17) is 11.6 Å². The van der Waals surface area contributed by atoms with Gasteiger partial charge in [-0.3, -0.25) is 4.79 Å². The molecular formula is C12H14BrClN2O. The molecule has 17 heavy (non-hydrogen) atoms. The maximum absolute atomic E-state index is 12.0. The second-order valence-electron chi connectivity index (χ2n) is 4.14. The predicted octanol–water partition coefficient (Wildman–Crippen LogP) is 3.04. The van der Waals surface area contributed by atoms with Crippen molar-refractivity contribution in [3.63, 3.8) is 0 Å². The highest BCUT2D eigenvalue weighted by molar-refractivity contribution is 9.10. The topological polar surface area (TPSA) is 41.1 Å². The summed E-state index contributed by atoms with van der Waals surface area (Å²) in [7, 11) is 0. The standard InChI is InChI=1S/C12H14BrClN2O/c13-10-2-1-9(7-11(10)14)16-12(17)8-3-5-15-6-4-8/h1-2,7-8,15H,3-6H2,(H,16,17). The summed E-state index contributed by atoms with van der Waals surface area (Å²) in [5.74, 6) is 0.198. The maximum atomic E-state index is 12.0. The van der Waals surface area contributed by atoms with E-state index in [-0.39, 0.29) is 11.8 Å². The van der Waals surface area contributed by atoms with Crippen molar-refractivity contribution in [1.29, 1.82) is 0 Å². The third-order valence-corrected chi connectivity index (χ3v) is 4.13. The summed E-state index contributed by atoms with van der Waals surface area (Å²) in [5, 5.41) is 6.76. The number of nitrogens with one attached hydrogen (secondary N) is 2. The molecule has 92 valence electrons. The minimum absolute atomic E-state index is 0.0879. The van der Waals surface area contributed by atoms with Gasteiger partial charge >= 0.3 is 0 Å².